The number of aromatic nitrogens is 1. The summed E-state index contributed by atoms with van der Waals surface area (Å²) in [7, 11) is 0. The van der Waals surface area contributed by atoms with E-state index in [0.29, 0.717) is 11.4 Å². The summed E-state index contributed by atoms with van der Waals surface area (Å²) in [4.78, 5) is 11.9. The van der Waals surface area contributed by atoms with Crippen LogP contribution >= 0.6 is 0 Å². The molecule has 1 heterocycles. The van der Waals surface area contributed by atoms with E-state index in [0.717, 1.165) is 5.56 Å². The maximum atomic E-state index is 11.9. The number of hydrogen-bond donors (Lipinski definition) is 2. The van der Waals surface area contributed by atoms with Crippen molar-refractivity contribution in [3.05, 3.63) is 47.3 Å². The third-order valence-corrected chi connectivity index (χ3v) is 2.55. The third-order valence-electron chi connectivity index (χ3n) is 2.55. The Labute approximate surface area is 105 Å². The zero-order chi connectivity index (χ0) is 13.1. The van der Waals surface area contributed by atoms with Crippen molar-refractivity contribution in [2.45, 2.75) is 19.9 Å². The van der Waals surface area contributed by atoms with Gasteiger partial charge in [0, 0.05) is 17.8 Å². The Hall–Kier alpha value is -2.14. The molecule has 0 saturated carbocycles. The molecule has 0 fully saturated rings. The molecule has 5 nitrogen and oxygen atoms in total. The molecule has 0 aliphatic carbocycles. The number of carbonyl (C=O) groups is 1. The summed E-state index contributed by atoms with van der Waals surface area (Å²) in [5.74, 6) is -0.143. The summed E-state index contributed by atoms with van der Waals surface area (Å²) in [5.41, 5.74) is 8.08. The lowest BCUT2D eigenvalue weighted by molar-refractivity contribution is 0.0988. The number of aryl methyl sites for hydroxylation is 1. The fourth-order valence-electron chi connectivity index (χ4n) is 1.66. The van der Waals surface area contributed by atoms with Crippen molar-refractivity contribution in [3.8, 4) is 0 Å². The molecule has 1 aromatic heterocycles. The highest BCUT2D eigenvalue weighted by Crippen LogP contribution is 2.21. The fourth-order valence-corrected chi connectivity index (χ4v) is 1.66. The number of nitrogens with zero attached hydrogens (tertiary/aromatic N) is 1. The number of carbonyl (C=O) groups excluding carboxylic acids is 1. The summed E-state index contributed by atoms with van der Waals surface area (Å²) in [6.07, 6.45) is 0. The van der Waals surface area contributed by atoms with E-state index in [4.69, 9.17) is 10.3 Å². The molecule has 1 unspecified atom stereocenters. The molecule has 94 valence electrons. The van der Waals surface area contributed by atoms with Crippen LogP contribution in [0.15, 0.2) is 34.9 Å². The highest BCUT2D eigenvalue weighted by molar-refractivity contribution is 6.02. The van der Waals surface area contributed by atoms with Gasteiger partial charge in [0.2, 0.25) is 5.76 Å². The highest BCUT2D eigenvalue weighted by atomic mass is 16.5. The van der Waals surface area contributed by atoms with Crippen molar-refractivity contribution in [3.63, 3.8) is 0 Å². The van der Waals surface area contributed by atoms with Gasteiger partial charge in [-0.1, -0.05) is 23.4 Å². The Morgan fingerprint density at radius 2 is 2.17 bits per heavy atom. The molecule has 0 radical (unpaired) electrons. The van der Waals surface area contributed by atoms with Crippen LogP contribution in [0.4, 0.5) is 5.69 Å². The number of anilines is 1. The highest BCUT2D eigenvalue weighted by Gasteiger charge is 2.14. The van der Waals surface area contributed by atoms with Crippen LogP contribution < -0.4 is 11.1 Å². The molecular formula is C13H15N3O2. The smallest absolute Gasteiger partial charge is 0.294 e. The third kappa shape index (κ3) is 2.57. The Kier molecular flexibility index (Phi) is 3.43. The van der Waals surface area contributed by atoms with Crippen LogP contribution in [0.5, 0.6) is 0 Å². The molecule has 0 spiro atoms. The largest absolute Gasteiger partial charge is 0.351 e. The van der Waals surface area contributed by atoms with Crippen LogP contribution in [-0.2, 0) is 0 Å². The zero-order valence-electron chi connectivity index (χ0n) is 10.3. The van der Waals surface area contributed by atoms with E-state index < -0.39 is 0 Å². The van der Waals surface area contributed by atoms with Crippen molar-refractivity contribution in [2.75, 3.05) is 5.32 Å². The lowest BCUT2D eigenvalue weighted by atomic mass is 10.1. The van der Waals surface area contributed by atoms with E-state index >= 15 is 0 Å². The second kappa shape index (κ2) is 5.01. The number of rotatable bonds is 3. The van der Waals surface area contributed by atoms with Gasteiger partial charge in [-0.2, -0.15) is 0 Å². The minimum absolute atomic E-state index is 0.155. The van der Waals surface area contributed by atoms with Gasteiger partial charge < -0.3 is 15.6 Å². The van der Waals surface area contributed by atoms with Gasteiger partial charge in [-0.3, -0.25) is 4.79 Å². The number of hydrogen-bond acceptors (Lipinski definition) is 4. The maximum Gasteiger partial charge on any atom is 0.294 e. The average molecular weight is 245 g/mol. The van der Waals surface area contributed by atoms with Gasteiger partial charge in [-0.25, -0.2) is 0 Å². The van der Waals surface area contributed by atoms with Gasteiger partial charge in [0.05, 0.1) is 5.69 Å². The van der Waals surface area contributed by atoms with Gasteiger partial charge in [0.1, 0.15) is 0 Å². The topological polar surface area (TPSA) is 81.2 Å². The second-order valence-corrected chi connectivity index (χ2v) is 4.16. The minimum Gasteiger partial charge on any atom is -0.351 e. The molecule has 3 N–H and O–H groups in total. The summed E-state index contributed by atoms with van der Waals surface area (Å²) >= 11 is 0. The van der Waals surface area contributed by atoms with E-state index in [1.165, 1.54) is 0 Å². The molecule has 0 bridgehead atoms. The average Bonchev–Trinajstić information content (AvgIpc) is 2.76. The minimum atomic E-state index is -0.330. The monoisotopic (exact) mass is 245 g/mol. The molecular weight excluding hydrogens is 230 g/mol. The van der Waals surface area contributed by atoms with Crippen molar-refractivity contribution in [1.82, 2.24) is 5.16 Å². The molecule has 5 heteroatoms. The number of nitrogens with two attached hydrogens (primary N) is 1. The quantitative estimate of drug-likeness (QED) is 0.869. The van der Waals surface area contributed by atoms with Crippen molar-refractivity contribution < 1.29 is 9.32 Å². The molecule has 1 amide bonds. The standard InChI is InChI=1S/C13H15N3O2/c1-8-7-12(18-16-8)13(17)15-11-6-4-3-5-10(11)9(2)14/h3-7,9H,14H2,1-2H3,(H,15,17). The Morgan fingerprint density at radius 3 is 2.78 bits per heavy atom. The summed E-state index contributed by atoms with van der Waals surface area (Å²) in [6.45, 7) is 3.62. The number of nitrogens with one attached hydrogen (secondary N) is 1. The molecule has 2 aromatic rings. The number of benzene rings is 1. The first-order valence-electron chi connectivity index (χ1n) is 5.67. The van der Waals surface area contributed by atoms with Gasteiger partial charge in [-0.05, 0) is 25.5 Å². The number of amides is 1. The predicted molar refractivity (Wildman–Crippen MR) is 68.2 cm³/mol. The van der Waals surface area contributed by atoms with Crippen molar-refractivity contribution in [1.29, 1.82) is 0 Å². The van der Waals surface area contributed by atoms with E-state index in [2.05, 4.69) is 10.5 Å². The summed E-state index contributed by atoms with van der Waals surface area (Å²) in [6, 6.07) is 8.84. The zero-order valence-corrected chi connectivity index (χ0v) is 10.3. The van der Waals surface area contributed by atoms with Crippen LogP contribution in [0.25, 0.3) is 0 Å². The van der Waals surface area contributed by atoms with Crippen molar-refractivity contribution >= 4 is 11.6 Å². The van der Waals surface area contributed by atoms with Crippen LogP contribution in [0.1, 0.15) is 34.8 Å². The first-order chi connectivity index (χ1) is 8.58. The van der Waals surface area contributed by atoms with Crippen LogP contribution in [0.2, 0.25) is 0 Å². The molecule has 0 aliphatic rings. The predicted octanol–water partition coefficient (Wildman–Crippen LogP) is 2.26. The Bertz CT molecular complexity index is 561. The SMILES string of the molecule is Cc1cc(C(=O)Nc2ccccc2C(C)N)on1. The maximum absolute atomic E-state index is 11.9. The van der Waals surface area contributed by atoms with Crippen LogP contribution in [-0.4, -0.2) is 11.1 Å². The number of para-hydroxylation sites is 1. The van der Waals surface area contributed by atoms with Gasteiger partial charge in [0.15, 0.2) is 0 Å². The molecule has 1 aromatic carbocycles. The molecule has 18 heavy (non-hydrogen) atoms. The molecule has 2 rings (SSSR count). The van der Waals surface area contributed by atoms with Crippen molar-refractivity contribution in [2.24, 2.45) is 5.73 Å². The normalized spacial score (nSPS) is 12.2. The van der Waals surface area contributed by atoms with E-state index in [9.17, 15) is 4.79 Å². The molecule has 0 aliphatic heterocycles. The Balaban J connectivity index is 2.22. The van der Waals surface area contributed by atoms with E-state index in [1.54, 1.807) is 19.1 Å². The van der Waals surface area contributed by atoms with Gasteiger partial charge >= 0.3 is 0 Å². The van der Waals surface area contributed by atoms with E-state index in [1.807, 2.05) is 25.1 Å². The lowest BCUT2D eigenvalue weighted by Gasteiger charge is -2.12. The molecule has 0 saturated heterocycles. The van der Waals surface area contributed by atoms with Crippen LogP contribution in [0, 0.1) is 6.92 Å². The van der Waals surface area contributed by atoms with Gasteiger partial charge in [0.25, 0.3) is 5.91 Å². The Morgan fingerprint density at radius 1 is 1.44 bits per heavy atom. The summed E-state index contributed by atoms with van der Waals surface area (Å²) in [5, 5.41) is 6.45. The first kappa shape index (κ1) is 12.3. The molecule has 1 atom stereocenters. The fraction of sp³-hybridized carbons (Fsp3) is 0.231. The van der Waals surface area contributed by atoms with E-state index in [-0.39, 0.29) is 17.7 Å². The second-order valence-electron chi connectivity index (χ2n) is 4.16. The lowest BCUT2D eigenvalue weighted by Crippen LogP contribution is -2.15. The van der Waals surface area contributed by atoms with Crippen LogP contribution in [0.3, 0.4) is 0 Å². The van der Waals surface area contributed by atoms with Gasteiger partial charge in [-0.15, -0.1) is 0 Å². The first-order valence-corrected chi connectivity index (χ1v) is 5.67. The summed E-state index contributed by atoms with van der Waals surface area (Å²) < 4.78 is 4.91.